The van der Waals surface area contributed by atoms with Crippen molar-refractivity contribution >= 4 is 38.9 Å². The first-order valence-electron chi connectivity index (χ1n) is 10.5. The zero-order valence-corrected chi connectivity index (χ0v) is 19.1. The average Bonchev–Trinajstić information content (AvgIpc) is 2.78. The summed E-state index contributed by atoms with van der Waals surface area (Å²) in [5.74, 6) is -2.21. The Morgan fingerprint density at radius 1 is 0.969 bits per heavy atom. The van der Waals surface area contributed by atoms with Crippen LogP contribution in [0.3, 0.4) is 0 Å². The van der Waals surface area contributed by atoms with Crippen LogP contribution in [0, 0.1) is 0 Å². The lowest BCUT2D eigenvalue weighted by Crippen LogP contribution is -2.44. The first kappa shape index (κ1) is 23.4. The molecule has 0 bridgehead atoms. The molecule has 10 heteroatoms. The minimum Gasteiger partial charge on any atom is -0.378 e. The number of carbonyl (C=O) groups excluding carboxylic acids is 2. The van der Waals surface area contributed by atoms with Gasteiger partial charge in [-0.3, -0.25) is 25.2 Å². The fourth-order valence-electron chi connectivity index (χ4n) is 3.44. The molecule has 2 aromatic rings. The maximum absolute atomic E-state index is 12.3. The van der Waals surface area contributed by atoms with Gasteiger partial charge in [0.15, 0.2) is 0 Å². The highest BCUT2D eigenvalue weighted by Crippen LogP contribution is 2.22. The molecule has 1 aliphatic heterocycles. The molecule has 0 aliphatic carbocycles. The van der Waals surface area contributed by atoms with Crippen molar-refractivity contribution in [3.8, 4) is 0 Å². The molecule has 0 saturated carbocycles. The van der Waals surface area contributed by atoms with Crippen LogP contribution in [-0.2, 0) is 14.8 Å². The molecule has 0 aromatic heterocycles. The van der Waals surface area contributed by atoms with E-state index in [9.17, 15) is 18.0 Å². The van der Waals surface area contributed by atoms with Gasteiger partial charge in [0.25, 0.3) is 11.8 Å². The smallest absolute Gasteiger partial charge is 0.269 e. The van der Waals surface area contributed by atoms with E-state index in [0.29, 0.717) is 11.3 Å². The van der Waals surface area contributed by atoms with Gasteiger partial charge in [-0.25, -0.2) is 8.42 Å². The van der Waals surface area contributed by atoms with Gasteiger partial charge in [0, 0.05) is 49.8 Å². The van der Waals surface area contributed by atoms with Crippen LogP contribution >= 0.6 is 0 Å². The first-order valence-corrected chi connectivity index (χ1v) is 12.1. The zero-order chi connectivity index (χ0) is 23.1. The van der Waals surface area contributed by atoms with Crippen LogP contribution < -0.4 is 25.4 Å². The van der Waals surface area contributed by atoms with E-state index < -0.39 is 27.6 Å². The van der Waals surface area contributed by atoms with E-state index >= 15 is 0 Å². The summed E-state index contributed by atoms with van der Waals surface area (Å²) < 4.78 is 27.1. The summed E-state index contributed by atoms with van der Waals surface area (Å²) >= 11 is 0. The Labute approximate surface area is 188 Å². The molecule has 1 saturated heterocycles. The molecule has 1 heterocycles. The van der Waals surface area contributed by atoms with Crippen molar-refractivity contribution in [1.82, 2.24) is 10.9 Å². The number of piperidine rings is 1. The van der Waals surface area contributed by atoms with Crippen molar-refractivity contribution in [1.29, 1.82) is 0 Å². The monoisotopic (exact) mass is 459 g/mol. The Hall–Kier alpha value is -3.27. The summed E-state index contributed by atoms with van der Waals surface area (Å²) in [7, 11) is -0.245. The van der Waals surface area contributed by atoms with Crippen molar-refractivity contribution in [2.75, 3.05) is 47.5 Å². The van der Waals surface area contributed by atoms with Crippen LogP contribution in [0.4, 0.5) is 17.1 Å². The highest BCUT2D eigenvalue weighted by molar-refractivity contribution is 7.93. The topological polar surface area (TPSA) is 111 Å². The molecule has 0 unspecified atom stereocenters. The fraction of sp³-hybridized carbons (Fsp3) is 0.364. The van der Waals surface area contributed by atoms with E-state index in [1.54, 1.807) is 30.3 Å². The first-order chi connectivity index (χ1) is 15.2. The van der Waals surface area contributed by atoms with E-state index in [-0.39, 0.29) is 0 Å². The fourth-order valence-corrected chi connectivity index (χ4v) is 4.43. The van der Waals surface area contributed by atoms with Crippen LogP contribution in [0.2, 0.25) is 0 Å². The number of nitrogens with zero attached hydrogens (tertiary/aromatic N) is 2. The Morgan fingerprint density at radius 3 is 2.31 bits per heavy atom. The number of anilines is 3. The Balaban J connectivity index is 1.50. The third-order valence-electron chi connectivity index (χ3n) is 5.12. The van der Waals surface area contributed by atoms with Crippen LogP contribution in [-0.4, -0.2) is 53.2 Å². The normalized spacial score (nSPS) is 13.9. The quantitative estimate of drug-likeness (QED) is 0.546. The third-order valence-corrected chi connectivity index (χ3v) is 6.31. The molecule has 3 rings (SSSR count). The zero-order valence-electron chi connectivity index (χ0n) is 18.3. The number of sulfonamides is 1. The van der Waals surface area contributed by atoms with Gasteiger partial charge in [0.1, 0.15) is 5.75 Å². The lowest BCUT2D eigenvalue weighted by molar-refractivity contribution is -0.119. The van der Waals surface area contributed by atoms with Crippen molar-refractivity contribution in [2.45, 2.75) is 19.3 Å². The third kappa shape index (κ3) is 6.61. The van der Waals surface area contributed by atoms with Gasteiger partial charge in [-0.2, -0.15) is 0 Å². The minimum atomic E-state index is -3.94. The van der Waals surface area contributed by atoms with E-state index in [1.807, 2.05) is 37.2 Å². The van der Waals surface area contributed by atoms with Crippen LogP contribution in [0.25, 0.3) is 0 Å². The molecule has 0 radical (unpaired) electrons. The molecule has 9 nitrogen and oxygen atoms in total. The summed E-state index contributed by atoms with van der Waals surface area (Å²) in [4.78, 5) is 28.4. The standard InChI is InChI=1S/C22H29N5O4S/c1-26(2)20-8-6-7-17(15-20)22(29)24-23-21(28)16-32(30,31)25-18-9-11-19(12-10-18)27-13-4-3-5-14-27/h6-12,15,25H,3-5,13-14,16H2,1-2H3,(H,23,28)(H,24,29). The SMILES string of the molecule is CN(C)c1cccc(C(=O)NNC(=O)CS(=O)(=O)Nc2ccc(N3CCCCC3)cc2)c1. The van der Waals surface area contributed by atoms with Crippen LogP contribution in [0.1, 0.15) is 29.6 Å². The highest BCUT2D eigenvalue weighted by atomic mass is 32.2. The van der Waals surface area contributed by atoms with E-state index in [4.69, 9.17) is 0 Å². The molecule has 0 atom stereocenters. The summed E-state index contributed by atoms with van der Waals surface area (Å²) in [5, 5.41) is 0. The number of benzene rings is 2. The number of hydrogen-bond acceptors (Lipinski definition) is 6. The number of nitrogens with one attached hydrogen (secondary N) is 3. The van der Waals surface area contributed by atoms with Gasteiger partial charge in [-0.05, 0) is 61.7 Å². The summed E-state index contributed by atoms with van der Waals surface area (Å²) in [6.07, 6.45) is 3.54. The molecule has 2 aromatic carbocycles. The average molecular weight is 460 g/mol. The number of hydrogen-bond donors (Lipinski definition) is 3. The van der Waals surface area contributed by atoms with Crippen molar-refractivity contribution < 1.29 is 18.0 Å². The number of rotatable bonds is 7. The Morgan fingerprint density at radius 2 is 1.66 bits per heavy atom. The van der Waals surface area contributed by atoms with Crippen LogP contribution in [0.15, 0.2) is 48.5 Å². The molecule has 0 spiro atoms. The molecule has 2 amide bonds. The molecule has 172 valence electrons. The maximum Gasteiger partial charge on any atom is 0.269 e. The number of carbonyl (C=O) groups is 2. The summed E-state index contributed by atoms with van der Waals surface area (Å²) in [6, 6.07) is 13.9. The minimum absolute atomic E-state index is 0.339. The van der Waals surface area contributed by atoms with Gasteiger partial charge >= 0.3 is 0 Å². The second kappa shape index (κ2) is 10.4. The van der Waals surface area contributed by atoms with Gasteiger partial charge < -0.3 is 9.80 Å². The molecule has 32 heavy (non-hydrogen) atoms. The predicted molar refractivity (Wildman–Crippen MR) is 126 cm³/mol. The second-order valence-corrected chi connectivity index (χ2v) is 9.63. The highest BCUT2D eigenvalue weighted by Gasteiger charge is 2.18. The predicted octanol–water partition coefficient (Wildman–Crippen LogP) is 1.95. The van der Waals surface area contributed by atoms with Gasteiger partial charge in [-0.1, -0.05) is 6.07 Å². The number of amides is 2. The molecule has 3 N–H and O–H groups in total. The molecular formula is C22H29N5O4S. The van der Waals surface area contributed by atoms with Crippen molar-refractivity contribution in [3.63, 3.8) is 0 Å². The Kier molecular flexibility index (Phi) is 7.57. The second-order valence-electron chi connectivity index (χ2n) is 7.90. The van der Waals surface area contributed by atoms with E-state index in [2.05, 4.69) is 20.5 Å². The van der Waals surface area contributed by atoms with E-state index in [1.165, 1.54) is 6.42 Å². The van der Waals surface area contributed by atoms with Crippen LogP contribution in [0.5, 0.6) is 0 Å². The Bertz CT molecular complexity index is 1050. The van der Waals surface area contributed by atoms with Crippen molar-refractivity contribution in [3.05, 3.63) is 54.1 Å². The number of hydrazine groups is 1. The molecule has 1 fully saturated rings. The van der Waals surface area contributed by atoms with Gasteiger partial charge in [0.05, 0.1) is 0 Å². The summed E-state index contributed by atoms with van der Waals surface area (Å²) in [5.41, 5.74) is 6.97. The van der Waals surface area contributed by atoms with E-state index in [0.717, 1.165) is 37.3 Å². The van der Waals surface area contributed by atoms with Crippen molar-refractivity contribution in [2.24, 2.45) is 0 Å². The largest absolute Gasteiger partial charge is 0.378 e. The van der Waals surface area contributed by atoms with Gasteiger partial charge in [0.2, 0.25) is 10.0 Å². The molecular weight excluding hydrogens is 430 g/mol. The van der Waals surface area contributed by atoms with Gasteiger partial charge in [-0.15, -0.1) is 0 Å². The maximum atomic E-state index is 12.3. The lowest BCUT2D eigenvalue weighted by atomic mass is 10.1. The summed E-state index contributed by atoms with van der Waals surface area (Å²) in [6.45, 7) is 1.99. The lowest BCUT2D eigenvalue weighted by Gasteiger charge is -2.28. The molecule has 1 aliphatic rings.